The molecule has 0 aliphatic carbocycles. The Morgan fingerprint density at radius 1 is 1.50 bits per heavy atom. The van der Waals surface area contributed by atoms with E-state index < -0.39 is 0 Å². The number of terminal acetylenes is 1. The Bertz CT molecular complexity index is 196. The predicted octanol–water partition coefficient (Wildman–Crippen LogP) is 0.904. The third-order valence-electron chi connectivity index (χ3n) is 2.02. The summed E-state index contributed by atoms with van der Waals surface area (Å²) in [7, 11) is 0. The zero-order valence-electron chi connectivity index (χ0n) is 9.10. The second-order valence-corrected chi connectivity index (χ2v) is 3.17. The van der Waals surface area contributed by atoms with Crippen molar-refractivity contribution in [1.29, 1.82) is 0 Å². The second kappa shape index (κ2) is 8.58. The quantitative estimate of drug-likeness (QED) is 0.594. The maximum absolute atomic E-state index is 11.1. The Kier molecular flexibility index (Phi) is 7.96. The van der Waals surface area contributed by atoms with Gasteiger partial charge < -0.3 is 10.6 Å². The van der Waals surface area contributed by atoms with Gasteiger partial charge >= 0.3 is 0 Å². The van der Waals surface area contributed by atoms with Crippen molar-refractivity contribution in [3.8, 4) is 12.3 Å². The number of hydrogen-bond acceptors (Lipinski definition) is 2. The smallest absolute Gasteiger partial charge is 0.221 e. The molecule has 0 bridgehead atoms. The van der Waals surface area contributed by atoms with E-state index in [1.165, 1.54) is 0 Å². The molecule has 0 saturated heterocycles. The highest BCUT2D eigenvalue weighted by molar-refractivity contribution is 5.75. The van der Waals surface area contributed by atoms with Crippen molar-refractivity contribution >= 4 is 5.91 Å². The summed E-state index contributed by atoms with van der Waals surface area (Å²) in [5.74, 6) is 2.71. The minimum atomic E-state index is 0.0931. The highest BCUT2D eigenvalue weighted by Crippen LogP contribution is 1.95. The van der Waals surface area contributed by atoms with Crippen LogP contribution in [0.3, 0.4) is 0 Å². The van der Waals surface area contributed by atoms with Crippen molar-refractivity contribution in [2.24, 2.45) is 0 Å². The van der Waals surface area contributed by atoms with Crippen LogP contribution >= 0.6 is 0 Å². The van der Waals surface area contributed by atoms with E-state index >= 15 is 0 Å². The first-order chi connectivity index (χ1) is 6.74. The summed E-state index contributed by atoms with van der Waals surface area (Å²) in [6, 6.07) is 0.342. The van der Waals surface area contributed by atoms with Crippen LogP contribution in [0.1, 0.15) is 33.1 Å². The summed E-state index contributed by atoms with van der Waals surface area (Å²) < 4.78 is 0. The fourth-order valence-corrected chi connectivity index (χ4v) is 1.18. The molecule has 3 heteroatoms. The van der Waals surface area contributed by atoms with E-state index in [2.05, 4.69) is 23.5 Å². The van der Waals surface area contributed by atoms with Gasteiger partial charge in [-0.05, 0) is 13.3 Å². The highest BCUT2D eigenvalue weighted by atomic mass is 16.1. The Morgan fingerprint density at radius 3 is 2.71 bits per heavy atom. The largest absolute Gasteiger partial charge is 0.356 e. The Labute approximate surface area is 86.6 Å². The van der Waals surface area contributed by atoms with E-state index in [1.807, 2.05) is 6.92 Å². The molecular formula is C11H20N2O. The Balaban J connectivity index is 3.51. The minimum absolute atomic E-state index is 0.0931. The fourth-order valence-electron chi connectivity index (χ4n) is 1.18. The summed E-state index contributed by atoms with van der Waals surface area (Å²) in [6.45, 7) is 5.39. The first-order valence-electron chi connectivity index (χ1n) is 5.18. The molecule has 0 radical (unpaired) electrons. The van der Waals surface area contributed by atoms with Crippen molar-refractivity contribution in [2.75, 3.05) is 13.1 Å². The molecule has 0 aromatic heterocycles. The molecule has 80 valence electrons. The van der Waals surface area contributed by atoms with Gasteiger partial charge in [0.2, 0.25) is 5.91 Å². The van der Waals surface area contributed by atoms with Gasteiger partial charge in [-0.25, -0.2) is 0 Å². The number of rotatable bonds is 7. The predicted molar refractivity (Wildman–Crippen MR) is 58.8 cm³/mol. The number of carbonyl (C=O) groups is 1. The van der Waals surface area contributed by atoms with Crippen molar-refractivity contribution in [1.82, 2.24) is 10.6 Å². The Morgan fingerprint density at radius 2 is 2.21 bits per heavy atom. The van der Waals surface area contributed by atoms with Crippen LogP contribution < -0.4 is 10.6 Å². The summed E-state index contributed by atoms with van der Waals surface area (Å²) in [6.07, 6.45) is 7.47. The highest BCUT2D eigenvalue weighted by Gasteiger charge is 2.04. The fraction of sp³-hybridized carbons (Fsp3) is 0.727. The monoisotopic (exact) mass is 196 g/mol. The standard InChI is InChI=1S/C11H20N2O/c1-4-7-10(5-2)13-9-8-11(14)12-6-3/h1,10,13H,5-9H2,2-3H3,(H,12,14). The van der Waals surface area contributed by atoms with Crippen LogP contribution in [0.25, 0.3) is 0 Å². The van der Waals surface area contributed by atoms with Crippen LogP contribution in [0.4, 0.5) is 0 Å². The first kappa shape index (κ1) is 13.0. The molecule has 0 spiro atoms. The maximum atomic E-state index is 11.1. The molecule has 0 fully saturated rings. The van der Waals surface area contributed by atoms with E-state index in [0.717, 1.165) is 12.8 Å². The van der Waals surface area contributed by atoms with Gasteiger partial charge in [-0.2, -0.15) is 0 Å². The molecule has 0 aromatic rings. The number of amides is 1. The van der Waals surface area contributed by atoms with Gasteiger partial charge in [0.25, 0.3) is 0 Å². The third-order valence-corrected chi connectivity index (χ3v) is 2.02. The zero-order chi connectivity index (χ0) is 10.8. The van der Waals surface area contributed by atoms with E-state index in [1.54, 1.807) is 0 Å². The topological polar surface area (TPSA) is 41.1 Å². The van der Waals surface area contributed by atoms with Crippen molar-refractivity contribution in [2.45, 2.75) is 39.2 Å². The lowest BCUT2D eigenvalue weighted by atomic mass is 10.1. The molecule has 0 heterocycles. The van der Waals surface area contributed by atoms with E-state index in [0.29, 0.717) is 25.6 Å². The zero-order valence-corrected chi connectivity index (χ0v) is 9.10. The summed E-state index contributed by atoms with van der Waals surface area (Å²) in [5, 5.41) is 6.01. The van der Waals surface area contributed by atoms with Crippen LogP contribution in [0.5, 0.6) is 0 Å². The molecule has 0 saturated carbocycles. The van der Waals surface area contributed by atoms with Crippen molar-refractivity contribution in [3.05, 3.63) is 0 Å². The normalized spacial score (nSPS) is 11.8. The number of hydrogen-bond donors (Lipinski definition) is 2. The molecule has 3 nitrogen and oxygen atoms in total. The first-order valence-corrected chi connectivity index (χ1v) is 5.18. The van der Waals surface area contributed by atoms with Gasteiger partial charge in [0.15, 0.2) is 0 Å². The maximum Gasteiger partial charge on any atom is 0.221 e. The van der Waals surface area contributed by atoms with Crippen LogP contribution in [0.2, 0.25) is 0 Å². The van der Waals surface area contributed by atoms with Gasteiger partial charge in [-0.1, -0.05) is 6.92 Å². The molecule has 1 unspecified atom stereocenters. The third kappa shape index (κ3) is 6.50. The molecule has 0 rings (SSSR count). The molecule has 1 amide bonds. The van der Waals surface area contributed by atoms with Crippen molar-refractivity contribution in [3.63, 3.8) is 0 Å². The van der Waals surface area contributed by atoms with E-state index in [9.17, 15) is 4.79 Å². The molecule has 0 aliphatic heterocycles. The molecule has 0 aromatic carbocycles. The average molecular weight is 196 g/mol. The molecule has 1 atom stereocenters. The van der Waals surface area contributed by atoms with Gasteiger partial charge in [-0.15, -0.1) is 12.3 Å². The SMILES string of the molecule is C#CCC(CC)NCCC(=O)NCC. The van der Waals surface area contributed by atoms with Gasteiger partial charge in [-0.3, -0.25) is 4.79 Å². The average Bonchev–Trinajstić information content (AvgIpc) is 2.17. The molecule has 0 aliphatic rings. The molecule has 2 N–H and O–H groups in total. The Hall–Kier alpha value is -1.01. The van der Waals surface area contributed by atoms with Crippen LogP contribution in [-0.4, -0.2) is 25.0 Å². The van der Waals surface area contributed by atoms with Crippen LogP contribution in [0.15, 0.2) is 0 Å². The lowest BCUT2D eigenvalue weighted by molar-refractivity contribution is -0.120. The number of carbonyl (C=O) groups excluding carboxylic acids is 1. The lowest BCUT2D eigenvalue weighted by Gasteiger charge is -2.13. The van der Waals surface area contributed by atoms with E-state index in [-0.39, 0.29) is 5.91 Å². The number of nitrogens with one attached hydrogen (secondary N) is 2. The second-order valence-electron chi connectivity index (χ2n) is 3.17. The summed E-state index contributed by atoms with van der Waals surface area (Å²) in [4.78, 5) is 11.1. The molecular weight excluding hydrogens is 176 g/mol. The van der Waals surface area contributed by atoms with Gasteiger partial charge in [0.05, 0.1) is 0 Å². The lowest BCUT2D eigenvalue weighted by Crippen LogP contribution is -2.33. The van der Waals surface area contributed by atoms with Crippen molar-refractivity contribution < 1.29 is 4.79 Å². The van der Waals surface area contributed by atoms with Crippen LogP contribution in [0, 0.1) is 12.3 Å². The molecule has 14 heavy (non-hydrogen) atoms. The van der Waals surface area contributed by atoms with Gasteiger partial charge in [0.1, 0.15) is 0 Å². The summed E-state index contributed by atoms with van der Waals surface area (Å²) >= 11 is 0. The summed E-state index contributed by atoms with van der Waals surface area (Å²) in [5.41, 5.74) is 0. The van der Waals surface area contributed by atoms with Crippen LogP contribution in [-0.2, 0) is 4.79 Å². The minimum Gasteiger partial charge on any atom is -0.356 e. The van der Waals surface area contributed by atoms with Gasteiger partial charge in [0, 0.05) is 32.0 Å². The van der Waals surface area contributed by atoms with E-state index in [4.69, 9.17) is 6.42 Å².